The molecule has 1 aromatic rings. The Morgan fingerprint density at radius 1 is 1.47 bits per heavy atom. The van der Waals surface area contributed by atoms with E-state index in [1.54, 1.807) is 6.92 Å². The first-order chi connectivity index (χ1) is 8.93. The van der Waals surface area contributed by atoms with Gasteiger partial charge < -0.3 is 15.4 Å². The number of urea groups is 1. The number of halogens is 3. The van der Waals surface area contributed by atoms with Gasteiger partial charge in [0.05, 0.1) is 17.3 Å². The van der Waals surface area contributed by atoms with Crippen LogP contribution in [0.4, 0.5) is 14.9 Å². The molecule has 0 aliphatic heterocycles. The van der Waals surface area contributed by atoms with Crippen molar-refractivity contribution in [2.75, 3.05) is 18.5 Å². The first-order valence-electron chi connectivity index (χ1n) is 5.29. The van der Waals surface area contributed by atoms with Crippen LogP contribution in [0.1, 0.15) is 6.92 Å². The number of carbonyl (C=O) groups is 2. The lowest BCUT2D eigenvalue weighted by Gasteiger charge is -2.10. The van der Waals surface area contributed by atoms with Gasteiger partial charge in [0.25, 0.3) is 0 Å². The summed E-state index contributed by atoms with van der Waals surface area (Å²) < 4.78 is 17.9. The first-order valence-corrected chi connectivity index (χ1v) is 6.46. The Morgan fingerprint density at radius 3 is 2.74 bits per heavy atom. The van der Waals surface area contributed by atoms with E-state index in [4.69, 9.17) is 11.6 Å². The molecule has 0 atom stereocenters. The zero-order valence-corrected chi connectivity index (χ0v) is 12.3. The summed E-state index contributed by atoms with van der Waals surface area (Å²) in [4.78, 5) is 22.5. The molecule has 19 heavy (non-hydrogen) atoms. The quantitative estimate of drug-likeness (QED) is 0.818. The standard InChI is InChI=1S/C11H11BrClFN2O3/c1-2-19-9(17)5-15-11(18)16-10-7(12)3-6(14)4-8(10)13/h3-4H,2,5H2,1H3,(H2,15,16,18). The van der Waals surface area contributed by atoms with E-state index in [0.717, 1.165) is 12.1 Å². The van der Waals surface area contributed by atoms with Crippen molar-refractivity contribution in [1.82, 2.24) is 5.32 Å². The minimum Gasteiger partial charge on any atom is -0.465 e. The predicted molar refractivity (Wildman–Crippen MR) is 72.8 cm³/mol. The van der Waals surface area contributed by atoms with Crippen molar-refractivity contribution in [1.29, 1.82) is 0 Å². The number of amides is 2. The maximum absolute atomic E-state index is 13.0. The van der Waals surface area contributed by atoms with Crippen LogP contribution in [0.15, 0.2) is 16.6 Å². The number of rotatable bonds is 4. The number of benzene rings is 1. The van der Waals surface area contributed by atoms with Gasteiger partial charge in [0.1, 0.15) is 12.4 Å². The largest absolute Gasteiger partial charge is 0.465 e. The summed E-state index contributed by atoms with van der Waals surface area (Å²) in [5.41, 5.74) is 0.212. The summed E-state index contributed by atoms with van der Waals surface area (Å²) in [6.45, 7) is 1.63. The second-order valence-corrected chi connectivity index (χ2v) is 4.62. The molecule has 8 heteroatoms. The maximum atomic E-state index is 13.0. The fourth-order valence-electron chi connectivity index (χ4n) is 1.18. The number of ether oxygens (including phenoxy) is 1. The second kappa shape index (κ2) is 7.30. The van der Waals surface area contributed by atoms with Gasteiger partial charge in [0.2, 0.25) is 0 Å². The third kappa shape index (κ3) is 5.04. The minimum absolute atomic E-state index is 0.0400. The van der Waals surface area contributed by atoms with Gasteiger partial charge in [-0.15, -0.1) is 0 Å². The SMILES string of the molecule is CCOC(=O)CNC(=O)Nc1c(Cl)cc(F)cc1Br. The van der Waals surface area contributed by atoms with Crippen molar-refractivity contribution < 1.29 is 18.7 Å². The zero-order chi connectivity index (χ0) is 14.4. The number of esters is 1. The third-order valence-corrected chi connectivity index (χ3v) is 2.87. The Kier molecular flexibility index (Phi) is 6.04. The van der Waals surface area contributed by atoms with Crippen LogP contribution in [0.5, 0.6) is 0 Å². The molecule has 0 heterocycles. The molecule has 0 saturated carbocycles. The van der Waals surface area contributed by atoms with Crippen LogP contribution in [0.2, 0.25) is 5.02 Å². The number of nitrogens with one attached hydrogen (secondary N) is 2. The molecule has 0 spiro atoms. The van der Waals surface area contributed by atoms with Gasteiger partial charge in [0.15, 0.2) is 0 Å². The number of hydrogen-bond acceptors (Lipinski definition) is 3. The Hall–Kier alpha value is -1.34. The molecule has 104 valence electrons. The molecule has 0 fully saturated rings. The molecule has 1 rings (SSSR count). The molecule has 2 N–H and O–H groups in total. The molecule has 0 unspecified atom stereocenters. The highest BCUT2D eigenvalue weighted by molar-refractivity contribution is 9.10. The van der Waals surface area contributed by atoms with Crippen LogP contribution >= 0.6 is 27.5 Å². The molecule has 0 bridgehead atoms. The van der Waals surface area contributed by atoms with Gasteiger partial charge in [-0.3, -0.25) is 4.79 Å². The van der Waals surface area contributed by atoms with E-state index in [1.165, 1.54) is 0 Å². The van der Waals surface area contributed by atoms with Crippen molar-refractivity contribution in [3.63, 3.8) is 0 Å². The highest BCUT2D eigenvalue weighted by Gasteiger charge is 2.12. The molecular formula is C11H11BrClFN2O3. The average Bonchev–Trinajstić information content (AvgIpc) is 2.31. The van der Waals surface area contributed by atoms with E-state index < -0.39 is 17.8 Å². The van der Waals surface area contributed by atoms with E-state index in [9.17, 15) is 14.0 Å². The van der Waals surface area contributed by atoms with Gasteiger partial charge in [-0.2, -0.15) is 0 Å². The Balaban J connectivity index is 2.60. The molecule has 0 saturated heterocycles. The van der Waals surface area contributed by atoms with Gasteiger partial charge in [0, 0.05) is 4.47 Å². The maximum Gasteiger partial charge on any atom is 0.325 e. The van der Waals surface area contributed by atoms with Gasteiger partial charge >= 0.3 is 12.0 Å². The van der Waals surface area contributed by atoms with Crippen LogP contribution in [0.25, 0.3) is 0 Å². The van der Waals surface area contributed by atoms with Crippen molar-refractivity contribution in [2.45, 2.75) is 6.92 Å². The second-order valence-electron chi connectivity index (χ2n) is 3.36. The smallest absolute Gasteiger partial charge is 0.325 e. The number of hydrogen-bond donors (Lipinski definition) is 2. The molecule has 1 aromatic carbocycles. The third-order valence-electron chi connectivity index (χ3n) is 1.94. The van der Waals surface area contributed by atoms with E-state index in [-0.39, 0.29) is 23.9 Å². The van der Waals surface area contributed by atoms with Crippen molar-refractivity contribution >= 4 is 45.2 Å². The number of carbonyl (C=O) groups excluding carboxylic acids is 2. The first kappa shape index (κ1) is 15.7. The van der Waals surface area contributed by atoms with Crippen molar-refractivity contribution in [2.24, 2.45) is 0 Å². The Bertz CT molecular complexity index is 476. The lowest BCUT2D eigenvalue weighted by atomic mass is 10.3. The number of anilines is 1. The highest BCUT2D eigenvalue weighted by atomic mass is 79.9. The topological polar surface area (TPSA) is 67.4 Å². The zero-order valence-electron chi connectivity index (χ0n) is 9.93. The van der Waals surface area contributed by atoms with Crippen LogP contribution in [-0.2, 0) is 9.53 Å². The van der Waals surface area contributed by atoms with E-state index in [2.05, 4.69) is 31.3 Å². The summed E-state index contributed by atoms with van der Waals surface area (Å²) in [6.07, 6.45) is 0. The van der Waals surface area contributed by atoms with Gasteiger partial charge in [-0.25, -0.2) is 9.18 Å². The molecule has 5 nitrogen and oxygen atoms in total. The molecule has 2 amide bonds. The molecule has 0 aliphatic carbocycles. The van der Waals surface area contributed by atoms with Crippen LogP contribution in [-0.4, -0.2) is 25.2 Å². The molecule has 0 aromatic heterocycles. The van der Waals surface area contributed by atoms with Crippen molar-refractivity contribution in [3.8, 4) is 0 Å². The summed E-state index contributed by atoms with van der Waals surface area (Å²) in [7, 11) is 0. The van der Waals surface area contributed by atoms with E-state index >= 15 is 0 Å². The van der Waals surface area contributed by atoms with Crippen LogP contribution < -0.4 is 10.6 Å². The highest BCUT2D eigenvalue weighted by Crippen LogP contribution is 2.31. The Morgan fingerprint density at radius 2 is 2.16 bits per heavy atom. The Labute approximate surface area is 122 Å². The van der Waals surface area contributed by atoms with Gasteiger partial charge in [-0.05, 0) is 35.0 Å². The van der Waals surface area contributed by atoms with E-state index in [1.807, 2.05) is 0 Å². The van der Waals surface area contributed by atoms with Gasteiger partial charge in [-0.1, -0.05) is 11.6 Å². The summed E-state index contributed by atoms with van der Waals surface area (Å²) in [6, 6.07) is 1.57. The lowest BCUT2D eigenvalue weighted by molar-refractivity contribution is -0.141. The monoisotopic (exact) mass is 352 g/mol. The molecule has 0 radical (unpaired) electrons. The lowest BCUT2D eigenvalue weighted by Crippen LogP contribution is -2.34. The predicted octanol–water partition coefficient (Wildman–Crippen LogP) is 2.93. The normalized spacial score (nSPS) is 9.89. The van der Waals surface area contributed by atoms with Crippen LogP contribution in [0.3, 0.4) is 0 Å². The van der Waals surface area contributed by atoms with E-state index in [0.29, 0.717) is 4.47 Å². The molecule has 0 aliphatic rings. The fourth-order valence-corrected chi connectivity index (χ4v) is 2.08. The summed E-state index contributed by atoms with van der Waals surface area (Å²) in [5.74, 6) is -1.09. The summed E-state index contributed by atoms with van der Waals surface area (Å²) in [5, 5.41) is 4.73. The van der Waals surface area contributed by atoms with Crippen molar-refractivity contribution in [3.05, 3.63) is 27.4 Å². The van der Waals surface area contributed by atoms with Crippen LogP contribution in [0, 0.1) is 5.82 Å². The summed E-state index contributed by atoms with van der Waals surface area (Å²) >= 11 is 8.86. The molecular weight excluding hydrogens is 342 g/mol. The fraction of sp³-hybridized carbons (Fsp3) is 0.273. The average molecular weight is 354 g/mol. The minimum atomic E-state index is -0.651.